The maximum Gasteiger partial charge on any atom is 0.303 e. The van der Waals surface area contributed by atoms with E-state index in [0.717, 1.165) is 25.9 Å². The Hall–Kier alpha value is -1.51. The van der Waals surface area contributed by atoms with E-state index >= 15 is 0 Å². The highest BCUT2D eigenvalue weighted by Crippen LogP contribution is 2.41. The highest BCUT2D eigenvalue weighted by Gasteiger charge is 2.29. The second-order valence-corrected chi connectivity index (χ2v) is 5.03. The number of anilines is 1. The molecule has 3 rings (SSSR count). The summed E-state index contributed by atoms with van der Waals surface area (Å²) in [7, 11) is 0. The number of aliphatic carboxylic acids is 1. The topological polar surface area (TPSA) is 40.5 Å². The third-order valence-corrected chi connectivity index (χ3v) is 3.95. The summed E-state index contributed by atoms with van der Waals surface area (Å²) in [5, 5.41) is 8.98. The van der Waals surface area contributed by atoms with Gasteiger partial charge in [-0.1, -0.05) is 18.2 Å². The van der Waals surface area contributed by atoms with E-state index in [1.807, 2.05) is 0 Å². The second-order valence-electron chi connectivity index (χ2n) is 5.03. The van der Waals surface area contributed by atoms with Gasteiger partial charge in [-0.25, -0.2) is 0 Å². The van der Waals surface area contributed by atoms with Gasteiger partial charge in [0.15, 0.2) is 0 Å². The van der Waals surface area contributed by atoms with Crippen LogP contribution >= 0.6 is 0 Å². The van der Waals surface area contributed by atoms with Gasteiger partial charge in [0, 0.05) is 18.8 Å². The zero-order chi connectivity index (χ0) is 11.8. The molecule has 1 N–H and O–H groups in total. The Kier molecular flexibility index (Phi) is 2.54. The van der Waals surface area contributed by atoms with Crippen LogP contribution in [0.4, 0.5) is 5.69 Å². The van der Waals surface area contributed by atoms with Crippen molar-refractivity contribution in [1.29, 1.82) is 0 Å². The van der Waals surface area contributed by atoms with E-state index in [1.54, 1.807) is 0 Å². The molecule has 90 valence electrons. The quantitative estimate of drug-likeness (QED) is 0.849. The number of aryl methyl sites for hydroxylation is 1. The summed E-state index contributed by atoms with van der Waals surface area (Å²) in [4.78, 5) is 13.4. The van der Waals surface area contributed by atoms with Gasteiger partial charge in [0.05, 0.1) is 6.42 Å². The minimum absolute atomic E-state index is 0.205. The van der Waals surface area contributed by atoms with Gasteiger partial charge in [0.25, 0.3) is 0 Å². The van der Waals surface area contributed by atoms with E-state index in [1.165, 1.54) is 23.2 Å². The molecule has 17 heavy (non-hydrogen) atoms. The van der Waals surface area contributed by atoms with Crippen LogP contribution in [-0.2, 0) is 11.2 Å². The van der Waals surface area contributed by atoms with E-state index in [-0.39, 0.29) is 12.3 Å². The van der Waals surface area contributed by atoms with E-state index in [2.05, 4.69) is 23.1 Å². The minimum atomic E-state index is -0.683. The number of carbonyl (C=O) groups is 1. The lowest BCUT2D eigenvalue weighted by atomic mass is 9.83. The number of nitrogens with zero attached hydrogens (tertiary/aromatic N) is 1. The maximum atomic E-state index is 10.9. The molecular formula is C14H17NO2. The molecule has 0 amide bonds. The van der Waals surface area contributed by atoms with E-state index < -0.39 is 5.97 Å². The van der Waals surface area contributed by atoms with Crippen LogP contribution < -0.4 is 4.90 Å². The molecule has 1 aromatic carbocycles. The summed E-state index contributed by atoms with van der Waals surface area (Å²) in [6, 6.07) is 6.38. The summed E-state index contributed by atoms with van der Waals surface area (Å²) in [6.07, 6.45) is 3.60. The van der Waals surface area contributed by atoms with Crippen molar-refractivity contribution in [2.24, 2.45) is 0 Å². The van der Waals surface area contributed by atoms with Gasteiger partial charge in [-0.15, -0.1) is 0 Å². The molecule has 0 saturated carbocycles. The summed E-state index contributed by atoms with van der Waals surface area (Å²) in [5.74, 6) is -0.478. The van der Waals surface area contributed by atoms with Gasteiger partial charge in [-0.05, 0) is 36.3 Å². The van der Waals surface area contributed by atoms with Crippen LogP contribution in [0.25, 0.3) is 0 Å². The van der Waals surface area contributed by atoms with Crippen LogP contribution in [0.5, 0.6) is 0 Å². The smallest absolute Gasteiger partial charge is 0.303 e. The maximum absolute atomic E-state index is 10.9. The molecule has 0 aromatic heterocycles. The van der Waals surface area contributed by atoms with Gasteiger partial charge in [-0.2, -0.15) is 0 Å². The Morgan fingerprint density at radius 2 is 2.29 bits per heavy atom. The zero-order valence-electron chi connectivity index (χ0n) is 9.85. The number of carboxylic acids is 1. The molecule has 0 radical (unpaired) electrons. The molecule has 3 nitrogen and oxygen atoms in total. The third kappa shape index (κ3) is 1.79. The Morgan fingerprint density at radius 3 is 3.12 bits per heavy atom. The van der Waals surface area contributed by atoms with E-state index in [4.69, 9.17) is 5.11 Å². The fourth-order valence-corrected chi connectivity index (χ4v) is 3.21. The summed E-state index contributed by atoms with van der Waals surface area (Å²) < 4.78 is 0. The minimum Gasteiger partial charge on any atom is -0.481 e. The van der Waals surface area contributed by atoms with Crippen LogP contribution in [0.2, 0.25) is 0 Å². The molecule has 0 bridgehead atoms. The number of rotatable bonds is 2. The van der Waals surface area contributed by atoms with E-state index in [0.29, 0.717) is 0 Å². The Bertz CT molecular complexity index is 456. The monoisotopic (exact) mass is 231 g/mol. The molecule has 2 heterocycles. The first-order valence-corrected chi connectivity index (χ1v) is 6.34. The third-order valence-electron chi connectivity index (χ3n) is 3.95. The van der Waals surface area contributed by atoms with Crippen molar-refractivity contribution < 1.29 is 9.90 Å². The number of carboxylic acid groups (broad SMARTS) is 1. The fourth-order valence-electron chi connectivity index (χ4n) is 3.21. The van der Waals surface area contributed by atoms with Crippen LogP contribution in [0, 0.1) is 0 Å². The summed E-state index contributed by atoms with van der Waals surface area (Å²) in [5.41, 5.74) is 4.01. The molecule has 0 fully saturated rings. The predicted molar refractivity (Wildman–Crippen MR) is 66.6 cm³/mol. The fraction of sp³-hybridized carbons (Fsp3) is 0.500. The second kappa shape index (κ2) is 4.06. The zero-order valence-corrected chi connectivity index (χ0v) is 9.85. The SMILES string of the molecule is O=C(O)CC1CCN2CCCc3cccc1c32. The molecule has 2 aliphatic rings. The Balaban J connectivity index is 2.02. The van der Waals surface area contributed by atoms with Crippen molar-refractivity contribution in [1.82, 2.24) is 0 Å². The molecule has 0 saturated heterocycles. The van der Waals surface area contributed by atoms with Gasteiger partial charge >= 0.3 is 5.97 Å². The predicted octanol–water partition coefficient (Wildman–Crippen LogP) is 2.40. The highest BCUT2D eigenvalue weighted by atomic mass is 16.4. The van der Waals surface area contributed by atoms with Crippen molar-refractivity contribution in [3.63, 3.8) is 0 Å². The molecular weight excluding hydrogens is 214 g/mol. The van der Waals surface area contributed by atoms with Gasteiger partial charge in [-0.3, -0.25) is 4.79 Å². The van der Waals surface area contributed by atoms with Crippen molar-refractivity contribution >= 4 is 11.7 Å². The highest BCUT2D eigenvalue weighted by molar-refractivity contribution is 5.71. The summed E-state index contributed by atoms with van der Waals surface area (Å²) in [6.45, 7) is 2.14. The van der Waals surface area contributed by atoms with Crippen LogP contribution in [0.3, 0.4) is 0 Å². The first kappa shape index (κ1) is 10.6. The number of hydrogen-bond donors (Lipinski definition) is 1. The van der Waals surface area contributed by atoms with Gasteiger partial charge < -0.3 is 10.0 Å². The first-order valence-electron chi connectivity index (χ1n) is 6.34. The first-order chi connectivity index (χ1) is 8.25. The van der Waals surface area contributed by atoms with Crippen molar-refractivity contribution in [3.8, 4) is 0 Å². The molecule has 0 aliphatic carbocycles. The lowest BCUT2D eigenvalue weighted by Gasteiger charge is -2.39. The standard InChI is InChI=1S/C14H17NO2/c16-13(17)9-11-6-8-15-7-2-4-10-3-1-5-12(11)14(10)15/h1,3,5,11H,2,4,6-9H2,(H,16,17). The van der Waals surface area contributed by atoms with Crippen molar-refractivity contribution in [3.05, 3.63) is 29.3 Å². The average Bonchev–Trinajstić information content (AvgIpc) is 2.33. The van der Waals surface area contributed by atoms with Crippen molar-refractivity contribution in [2.75, 3.05) is 18.0 Å². The lowest BCUT2D eigenvalue weighted by Crippen LogP contribution is -2.36. The molecule has 1 aromatic rings. The molecule has 3 heteroatoms. The number of para-hydroxylation sites is 1. The molecule has 2 aliphatic heterocycles. The number of hydrogen-bond acceptors (Lipinski definition) is 2. The normalized spacial score (nSPS) is 22.1. The Morgan fingerprint density at radius 1 is 1.41 bits per heavy atom. The van der Waals surface area contributed by atoms with Crippen LogP contribution in [0.1, 0.15) is 36.3 Å². The van der Waals surface area contributed by atoms with E-state index in [9.17, 15) is 4.79 Å². The van der Waals surface area contributed by atoms with Crippen LogP contribution in [0.15, 0.2) is 18.2 Å². The largest absolute Gasteiger partial charge is 0.481 e. The Labute approximate surface area is 101 Å². The van der Waals surface area contributed by atoms with Gasteiger partial charge in [0.2, 0.25) is 0 Å². The lowest BCUT2D eigenvalue weighted by molar-refractivity contribution is -0.137. The van der Waals surface area contributed by atoms with Crippen molar-refractivity contribution in [2.45, 2.75) is 31.6 Å². The molecule has 1 unspecified atom stereocenters. The summed E-state index contributed by atoms with van der Waals surface area (Å²) >= 11 is 0. The molecule has 0 spiro atoms. The molecule has 1 atom stereocenters. The van der Waals surface area contributed by atoms with Gasteiger partial charge in [0.1, 0.15) is 0 Å². The average molecular weight is 231 g/mol. The van der Waals surface area contributed by atoms with Crippen LogP contribution in [-0.4, -0.2) is 24.2 Å². The number of benzene rings is 1.